The van der Waals surface area contributed by atoms with Gasteiger partial charge in [-0.05, 0) is 12.1 Å². The number of furan rings is 1. The third-order valence-corrected chi connectivity index (χ3v) is 4.92. The molecular weight excluding hydrogens is 300 g/mol. The maximum absolute atomic E-state index is 12.3. The van der Waals surface area contributed by atoms with E-state index in [0.717, 1.165) is 4.31 Å². The molecule has 0 aliphatic carbocycles. The van der Waals surface area contributed by atoms with Gasteiger partial charge in [-0.1, -0.05) is 0 Å². The Morgan fingerprint density at radius 1 is 1.48 bits per heavy atom. The Morgan fingerprint density at radius 3 is 2.81 bits per heavy atom. The van der Waals surface area contributed by atoms with Crippen molar-refractivity contribution in [2.24, 2.45) is 0 Å². The van der Waals surface area contributed by atoms with Crippen LogP contribution in [0.5, 0.6) is 0 Å². The van der Waals surface area contributed by atoms with E-state index in [9.17, 15) is 18.3 Å². The van der Waals surface area contributed by atoms with Crippen LogP contribution in [0, 0.1) is 0 Å². The highest BCUT2D eigenvalue weighted by Crippen LogP contribution is 2.19. The van der Waals surface area contributed by atoms with Gasteiger partial charge in [0.05, 0.1) is 25.9 Å². The number of sulfonamides is 1. The number of carbonyl (C=O) groups is 1. The first-order valence-electron chi connectivity index (χ1n) is 6.40. The predicted molar refractivity (Wildman–Crippen MR) is 72.3 cm³/mol. The first kappa shape index (κ1) is 16.0. The molecule has 1 aliphatic heterocycles. The Hall–Kier alpha value is -1.42. The summed E-state index contributed by atoms with van der Waals surface area (Å²) in [6.07, 6.45) is 0. The van der Waals surface area contributed by atoms with Crippen LogP contribution in [0.25, 0.3) is 0 Å². The van der Waals surface area contributed by atoms with Crippen LogP contribution in [0.3, 0.4) is 0 Å². The molecule has 1 fully saturated rings. The second kappa shape index (κ2) is 6.14. The van der Waals surface area contributed by atoms with Crippen molar-refractivity contribution in [3.8, 4) is 0 Å². The average molecular weight is 318 g/mol. The lowest BCUT2D eigenvalue weighted by Crippen LogP contribution is -2.50. The third-order valence-electron chi connectivity index (χ3n) is 3.23. The van der Waals surface area contributed by atoms with E-state index < -0.39 is 22.0 Å². The highest BCUT2D eigenvalue weighted by molar-refractivity contribution is 7.88. The molecule has 118 valence electrons. The van der Waals surface area contributed by atoms with Crippen molar-refractivity contribution < 1.29 is 27.5 Å². The first-order chi connectivity index (χ1) is 9.87. The molecule has 1 atom stereocenters. The number of aliphatic hydroxyl groups excluding tert-OH is 1. The molecule has 1 amide bonds. The Balaban J connectivity index is 2.23. The van der Waals surface area contributed by atoms with E-state index in [2.05, 4.69) is 0 Å². The molecule has 21 heavy (non-hydrogen) atoms. The molecule has 9 heteroatoms. The number of carbonyl (C=O) groups excluding carboxylic acids is 1. The minimum atomic E-state index is -3.72. The summed E-state index contributed by atoms with van der Waals surface area (Å²) in [5.74, 6) is -0.534. The standard InChI is InChI=1S/C12H18N2O6S/c1-13(2)21(17,18)11-4-3-10(20-11)12(16)14-5-6-19-8-9(14)7-15/h3-4,9,15H,5-8H2,1-2H3. The molecule has 0 radical (unpaired) electrons. The molecule has 1 unspecified atom stereocenters. The molecular formula is C12H18N2O6S. The molecule has 0 saturated carbocycles. The fourth-order valence-electron chi connectivity index (χ4n) is 1.97. The molecule has 1 aliphatic rings. The second-order valence-electron chi connectivity index (χ2n) is 4.82. The van der Waals surface area contributed by atoms with Crippen LogP contribution in [0.15, 0.2) is 21.6 Å². The van der Waals surface area contributed by atoms with E-state index in [1.807, 2.05) is 0 Å². The first-order valence-corrected chi connectivity index (χ1v) is 7.84. The predicted octanol–water partition coefficient (Wildman–Crippen LogP) is -0.637. The normalized spacial score (nSPS) is 20.0. The molecule has 0 spiro atoms. The van der Waals surface area contributed by atoms with Crippen molar-refractivity contribution in [2.75, 3.05) is 40.5 Å². The lowest BCUT2D eigenvalue weighted by molar-refractivity contribution is -0.0198. The summed E-state index contributed by atoms with van der Waals surface area (Å²) >= 11 is 0. The minimum absolute atomic E-state index is 0.0734. The zero-order chi connectivity index (χ0) is 15.6. The van der Waals surface area contributed by atoms with Gasteiger partial charge in [-0.25, -0.2) is 12.7 Å². The quantitative estimate of drug-likeness (QED) is 0.793. The number of rotatable bonds is 4. The van der Waals surface area contributed by atoms with Gasteiger partial charge in [-0.15, -0.1) is 0 Å². The summed E-state index contributed by atoms with van der Waals surface area (Å²) in [6, 6.07) is 2.12. The number of nitrogens with zero attached hydrogens (tertiary/aromatic N) is 2. The average Bonchev–Trinajstić information content (AvgIpc) is 2.96. The summed E-state index contributed by atoms with van der Waals surface area (Å²) in [4.78, 5) is 13.8. The largest absolute Gasteiger partial charge is 0.438 e. The van der Waals surface area contributed by atoms with Crippen molar-refractivity contribution in [3.63, 3.8) is 0 Å². The highest BCUT2D eigenvalue weighted by Gasteiger charge is 2.31. The zero-order valence-electron chi connectivity index (χ0n) is 11.9. The number of aliphatic hydroxyl groups is 1. The topological polar surface area (TPSA) is 100 Å². The summed E-state index contributed by atoms with van der Waals surface area (Å²) in [7, 11) is -0.961. The van der Waals surface area contributed by atoms with Crippen molar-refractivity contribution in [3.05, 3.63) is 17.9 Å². The SMILES string of the molecule is CN(C)S(=O)(=O)c1ccc(C(=O)N2CCOCC2CO)o1. The van der Waals surface area contributed by atoms with Crippen LogP contribution in [0.4, 0.5) is 0 Å². The highest BCUT2D eigenvalue weighted by atomic mass is 32.2. The van der Waals surface area contributed by atoms with Crippen molar-refractivity contribution in [2.45, 2.75) is 11.1 Å². The van der Waals surface area contributed by atoms with Gasteiger partial charge in [0.15, 0.2) is 5.76 Å². The summed E-state index contributed by atoms with van der Waals surface area (Å²) in [5, 5.41) is 8.97. The third kappa shape index (κ3) is 3.10. The molecule has 0 bridgehead atoms. The Bertz CT molecular complexity index is 609. The fourth-order valence-corrected chi connectivity index (χ4v) is 2.76. The maximum atomic E-state index is 12.3. The van der Waals surface area contributed by atoms with Gasteiger partial charge < -0.3 is 19.2 Å². The van der Waals surface area contributed by atoms with Crippen molar-refractivity contribution in [1.29, 1.82) is 0 Å². The van der Waals surface area contributed by atoms with E-state index in [4.69, 9.17) is 9.15 Å². The van der Waals surface area contributed by atoms with E-state index in [1.165, 1.54) is 31.1 Å². The van der Waals surface area contributed by atoms with Crippen LogP contribution in [0.2, 0.25) is 0 Å². The molecule has 1 N–H and O–H groups in total. The van der Waals surface area contributed by atoms with Crippen LogP contribution in [0.1, 0.15) is 10.6 Å². The molecule has 1 aromatic rings. The number of hydrogen-bond acceptors (Lipinski definition) is 6. The van der Waals surface area contributed by atoms with E-state index in [1.54, 1.807) is 0 Å². The minimum Gasteiger partial charge on any atom is -0.438 e. The van der Waals surface area contributed by atoms with Crippen LogP contribution in [-0.2, 0) is 14.8 Å². The number of hydrogen-bond donors (Lipinski definition) is 1. The Morgan fingerprint density at radius 2 is 2.19 bits per heavy atom. The monoisotopic (exact) mass is 318 g/mol. The molecule has 2 rings (SSSR count). The summed E-state index contributed by atoms with van der Waals surface area (Å²) < 4.78 is 35.2. The van der Waals surface area contributed by atoms with Crippen LogP contribution >= 0.6 is 0 Å². The lowest BCUT2D eigenvalue weighted by Gasteiger charge is -2.33. The lowest BCUT2D eigenvalue weighted by atomic mass is 10.2. The van der Waals surface area contributed by atoms with E-state index in [0.29, 0.717) is 13.2 Å². The van der Waals surface area contributed by atoms with Crippen molar-refractivity contribution in [1.82, 2.24) is 9.21 Å². The van der Waals surface area contributed by atoms with Gasteiger partial charge in [-0.2, -0.15) is 0 Å². The van der Waals surface area contributed by atoms with Crippen LogP contribution < -0.4 is 0 Å². The number of amides is 1. The molecule has 1 aromatic heterocycles. The number of morpholine rings is 1. The van der Waals surface area contributed by atoms with E-state index >= 15 is 0 Å². The molecule has 1 saturated heterocycles. The van der Waals surface area contributed by atoms with Gasteiger partial charge in [0, 0.05) is 20.6 Å². The fraction of sp³-hybridized carbons (Fsp3) is 0.583. The second-order valence-corrected chi connectivity index (χ2v) is 6.90. The zero-order valence-corrected chi connectivity index (χ0v) is 12.7. The van der Waals surface area contributed by atoms with Crippen molar-refractivity contribution >= 4 is 15.9 Å². The Kier molecular flexibility index (Phi) is 4.67. The van der Waals surface area contributed by atoms with Gasteiger partial charge in [0.25, 0.3) is 15.9 Å². The molecule has 2 heterocycles. The summed E-state index contributed by atoms with van der Waals surface area (Å²) in [6.45, 7) is 0.702. The smallest absolute Gasteiger partial charge is 0.290 e. The van der Waals surface area contributed by atoms with Gasteiger partial charge in [-0.3, -0.25) is 4.79 Å². The van der Waals surface area contributed by atoms with Gasteiger partial charge in [0.1, 0.15) is 0 Å². The van der Waals surface area contributed by atoms with E-state index in [-0.39, 0.29) is 24.1 Å². The maximum Gasteiger partial charge on any atom is 0.290 e. The molecule has 8 nitrogen and oxygen atoms in total. The number of ether oxygens (including phenoxy) is 1. The Labute approximate surface area is 122 Å². The molecule has 0 aromatic carbocycles. The van der Waals surface area contributed by atoms with Crippen LogP contribution in [-0.4, -0.2) is 75.1 Å². The summed E-state index contributed by atoms with van der Waals surface area (Å²) in [5.41, 5.74) is 0. The van der Waals surface area contributed by atoms with Gasteiger partial charge >= 0.3 is 0 Å². The van der Waals surface area contributed by atoms with Gasteiger partial charge in [0.2, 0.25) is 5.09 Å².